The van der Waals surface area contributed by atoms with Crippen LogP contribution in [0.5, 0.6) is 5.75 Å². The number of rotatable bonds is 5. The monoisotopic (exact) mass is 276 g/mol. The summed E-state index contributed by atoms with van der Waals surface area (Å²) in [6.45, 7) is 5.78. The fourth-order valence-corrected chi connectivity index (χ4v) is 2.98. The van der Waals surface area contributed by atoms with E-state index in [9.17, 15) is 0 Å². The third-order valence-corrected chi connectivity index (χ3v) is 4.04. The van der Waals surface area contributed by atoms with Gasteiger partial charge < -0.3 is 20.1 Å². The van der Waals surface area contributed by atoms with Gasteiger partial charge in [0, 0.05) is 31.6 Å². The van der Waals surface area contributed by atoms with Crippen molar-refractivity contribution in [1.29, 1.82) is 0 Å². The normalized spacial score (nSPS) is 26.9. The summed E-state index contributed by atoms with van der Waals surface area (Å²) in [4.78, 5) is 0. The molecule has 3 unspecified atom stereocenters. The molecule has 1 fully saturated rings. The van der Waals surface area contributed by atoms with Crippen LogP contribution in [0.3, 0.4) is 0 Å². The van der Waals surface area contributed by atoms with Crippen LogP contribution in [0.15, 0.2) is 24.3 Å². The van der Waals surface area contributed by atoms with Crippen molar-refractivity contribution in [3.63, 3.8) is 0 Å². The van der Waals surface area contributed by atoms with Crippen LogP contribution in [0.2, 0.25) is 0 Å². The lowest BCUT2D eigenvalue weighted by Crippen LogP contribution is -2.46. The lowest BCUT2D eigenvalue weighted by Gasteiger charge is -2.27. The lowest BCUT2D eigenvalue weighted by molar-refractivity contribution is 0.0708. The maximum Gasteiger partial charge on any atom is 0.123 e. The van der Waals surface area contributed by atoms with Crippen LogP contribution >= 0.6 is 0 Å². The lowest BCUT2D eigenvalue weighted by atomic mass is 10.1. The zero-order valence-corrected chi connectivity index (χ0v) is 12.1. The Morgan fingerprint density at radius 3 is 3.10 bits per heavy atom. The topological polar surface area (TPSA) is 42.5 Å². The van der Waals surface area contributed by atoms with Gasteiger partial charge in [-0.25, -0.2) is 0 Å². The molecule has 3 atom stereocenters. The molecule has 1 aromatic carbocycles. The van der Waals surface area contributed by atoms with Crippen molar-refractivity contribution in [2.24, 2.45) is 0 Å². The molecule has 1 aromatic rings. The maximum atomic E-state index is 5.94. The van der Waals surface area contributed by atoms with Gasteiger partial charge in [0.15, 0.2) is 0 Å². The highest BCUT2D eigenvalue weighted by Crippen LogP contribution is 2.27. The van der Waals surface area contributed by atoms with Gasteiger partial charge in [-0.2, -0.15) is 0 Å². The number of ether oxygens (including phenoxy) is 2. The first-order chi connectivity index (χ1) is 9.81. The van der Waals surface area contributed by atoms with Gasteiger partial charge in [0.05, 0.1) is 13.2 Å². The van der Waals surface area contributed by atoms with E-state index < -0.39 is 0 Å². The van der Waals surface area contributed by atoms with Crippen LogP contribution < -0.4 is 15.4 Å². The summed E-state index contributed by atoms with van der Waals surface area (Å²) in [5.41, 5.74) is 1.33. The number of nitrogens with one attached hydrogen (secondary N) is 2. The molecule has 0 spiro atoms. The third kappa shape index (κ3) is 3.51. The van der Waals surface area contributed by atoms with Crippen LogP contribution in [-0.4, -0.2) is 44.5 Å². The molecule has 0 amide bonds. The summed E-state index contributed by atoms with van der Waals surface area (Å²) in [7, 11) is 0. The summed E-state index contributed by atoms with van der Waals surface area (Å²) < 4.78 is 11.4. The largest absolute Gasteiger partial charge is 0.488 e. The second kappa shape index (κ2) is 6.57. The van der Waals surface area contributed by atoms with Crippen molar-refractivity contribution in [3.8, 4) is 5.75 Å². The Labute approximate surface area is 120 Å². The SMILES string of the molecule is CC(CC1COCCN1)NCC1Cc2ccccc2O1. The molecule has 0 saturated carbocycles. The van der Waals surface area contributed by atoms with E-state index in [2.05, 4.69) is 35.8 Å². The molecule has 2 heterocycles. The van der Waals surface area contributed by atoms with E-state index in [4.69, 9.17) is 9.47 Å². The molecule has 20 heavy (non-hydrogen) atoms. The minimum absolute atomic E-state index is 0.269. The van der Waals surface area contributed by atoms with Gasteiger partial charge in [0.25, 0.3) is 0 Å². The first-order valence-corrected chi connectivity index (χ1v) is 7.60. The quantitative estimate of drug-likeness (QED) is 0.852. The molecule has 3 rings (SSSR count). The molecular formula is C16H24N2O2. The summed E-state index contributed by atoms with van der Waals surface area (Å²) in [5, 5.41) is 7.08. The summed E-state index contributed by atoms with van der Waals surface area (Å²) in [6, 6.07) is 9.28. The molecule has 2 N–H and O–H groups in total. The highest BCUT2D eigenvalue weighted by Gasteiger charge is 2.23. The highest BCUT2D eigenvalue weighted by atomic mass is 16.5. The Morgan fingerprint density at radius 1 is 1.40 bits per heavy atom. The van der Waals surface area contributed by atoms with Gasteiger partial charge in [-0.15, -0.1) is 0 Å². The third-order valence-electron chi connectivity index (χ3n) is 4.04. The van der Waals surface area contributed by atoms with Crippen molar-refractivity contribution in [2.45, 2.75) is 38.0 Å². The Balaban J connectivity index is 1.39. The van der Waals surface area contributed by atoms with Crippen molar-refractivity contribution < 1.29 is 9.47 Å². The van der Waals surface area contributed by atoms with E-state index in [1.54, 1.807) is 0 Å². The van der Waals surface area contributed by atoms with E-state index in [0.717, 1.165) is 44.9 Å². The average molecular weight is 276 g/mol. The van der Waals surface area contributed by atoms with Crippen molar-refractivity contribution in [2.75, 3.05) is 26.3 Å². The zero-order valence-electron chi connectivity index (χ0n) is 12.1. The zero-order chi connectivity index (χ0) is 13.8. The van der Waals surface area contributed by atoms with Crippen LogP contribution in [-0.2, 0) is 11.2 Å². The van der Waals surface area contributed by atoms with Crippen LogP contribution in [0, 0.1) is 0 Å². The minimum Gasteiger partial charge on any atom is -0.488 e. The van der Waals surface area contributed by atoms with E-state index in [1.807, 2.05) is 6.07 Å². The standard InChI is InChI=1S/C16H24N2O2/c1-12(8-14-11-19-7-6-17-14)18-10-15-9-13-4-2-3-5-16(13)20-15/h2-5,12,14-15,17-18H,6-11H2,1H3. The maximum absolute atomic E-state index is 5.94. The Kier molecular flexibility index (Phi) is 4.55. The van der Waals surface area contributed by atoms with Crippen molar-refractivity contribution in [3.05, 3.63) is 29.8 Å². The summed E-state index contributed by atoms with van der Waals surface area (Å²) >= 11 is 0. The van der Waals surface area contributed by atoms with Crippen LogP contribution in [0.4, 0.5) is 0 Å². The highest BCUT2D eigenvalue weighted by molar-refractivity contribution is 5.37. The van der Waals surface area contributed by atoms with Gasteiger partial charge in [0.1, 0.15) is 11.9 Å². The fourth-order valence-electron chi connectivity index (χ4n) is 2.98. The Morgan fingerprint density at radius 2 is 2.30 bits per heavy atom. The first-order valence-electron chi connectivity index (χ1n) is 7.60. The van der Waals surface area contributed by atoms with Gasteiger partial charge in [-0.05, 0) is 25.0 Å². The fraction of sp³-hybridized carbons (Fsp3) is 0.625. The number of morpholine rings is 1. The van der Waals surface area contributed by atoms with Crippen LogP contribution in [0.1, 0.15) is 18.9 Å². The number of fused-ring (bicyclic) bond motifs is 1. The molecule has 0 radical (unpaired) electrons. The smallest absolute Gasteiger partial charge is 0.123 e. The number of hydrogen-bond donors (Lipinski definition) is 2. The molecule has 0 bridgehead atoms. The second-order valence-corrected chi connectivity index (χ2v) is 5.82. The molecular weight excluding hydrogens is 252 g/mol. The first kappa shape index (κ1) is 13.9. The van der Waals surface area contributed by atoms with Crippen LogP contribution in [0.25, 0.3) is 0 Å². The Hall–Kier alpha value is -1.10. The van der Waals surface area contributed by atoms with E-state index in [1.165, 1.54) is 5.56 Å². The molecule has 4 nitrogen and oxygen atoms in total. The van der Waals surface area contributed by atoms with Gasteiger partial charge >= 0.3 is 0 Å². The van der Waals surface area contributed by atoms with Gasteiger partial charge in [-0.1, -0.05) is 18.2 Å². The second-order valence-electron chi connectivity index (χ2n) is 5.82. The molecule has 110 valence electrons. The predicted octanol–water partition coefficient (Wildman–Crippen LogP) is 1.35. The van der Waals surface area contributed by atoms with Gasteiger partial charge in [0.2, 0.25) is 0 Å². The van der Waals surface area contributed by atoms with E-state index in [-0.39, 0.29) is 6.10 Å². The van der Waals surface area contributed by atoms with E-state index >= 15 is 0 Å². The summed E-state index contributed by atoms with van der Waals surface area (Å²) in [5.74, 6) is 1.05. The predicted molar refractivity (Wildman–Crippen MR) is 79.3 cm³/mol. The molecule has 2 aliphatic heterocycles. The minimum atomic E-state index is 0.269. The molecule has 0 aromatic heterocycles. The molecule has 1 saturated heterocycles. The number of benzene rings is 1. The number of hydrogen-bond acceptors (Lipinski definition) is 4. The van der Waals surface area contributed by atoms with Crippen molar-refractivity contribution in [1.82, 2.24) is 10.6 Å². The average Bonchev–Trinajstić information content (AvgIpc) is 2.89. The molecule has 4 heteroatoms. The van der Waals surface area contributed by atoms with E-state index in [0.29, 0.717) is 12.1 Å². The van der Waals surface area contributed by atoms with Crippen molar-refractivity contribution >= 4 is 0 Å². The number of para-hydroxylation sites is 1. The molecule has 0 aliphatic carbocycles. The Bertz CT molecular complexity index is 407. The van der Waals surface area contributed by atoms with Gasteiger partial charge in [-0.3, -0.25) is 0 Å². The summed E-state index contributed by atoms with van der Waals surface area (Å²) in [6.07, 6.45) is 2.38. The molecule has 2 aliphatic rings.